The van der Waals surface area contributed by atoms with E-state index in [2.05, 4.69) is 10.3 Å². The van der Waals surface area contributed by atoms with Crippen LogP contribution in [0.15, 0.2) is 12.1 Å². The van der Waals surface area contributed by atoms with Crippen molar-refractivity contribution in [1.82, 2.24) is 20.0 Å². The molecule has 0 saturated carbocycles. The van der Waals surface area contributed by atoms with Gasteiger partial charge in [-0.2, -0.15) is 0 Å². The molecule has 0 spiro atoms. The summed E-state index contributed by atoms with van der Waals surface area (Å²) in [7, 11) is 3.14. The van der Waals surface area contributed by atoms with Crippen LogP contribution < -0.4 is 0 Å². The van der Waals surface area contributed by atoms with Gasteiger partial charge >= 0.3 is 5.97 Å². The molecule has 0 radical (unpaired) electrons. The number of carbonyl (C=O) groups excluding carboxylic acids is 1. The van der Waals surface area contributed by atoms with E-state index in [0.717, 1.165) is 36.9 Å². The van der Waals surface area contributed by atoms with Gasteiger partial charge in [0.15, 0.2) is 0 Å². The van der Waals surface area contributed by atoms with Gasteiger partial charge in [-0.25, -0.2) is 4.68 Å². The smallest absolute Gasteiger partial charge is 0.308 e. The van der Waals surface area contributed by atoms with E-state index in [1.54, 1.807) is 11.7 Å². The molecule has 8 heteroatoms. The van der Waals surface area contributed by atoms with Gasteiger partial charge in [-0.3, -0.25) is 9.78 Å². The number of aliphatic hydroxyl groups excluding tert-OH is 1. The molecule has 1 aliphatic rings. The van der Waals surface area contributed by atoms with Gasteiger partial charge in [0, 0.05) is 18.3 Å². The first-order valence-corrected chi connectivity index (χ1v) is 9.29. The third-order valence-corrected chi connectivity index (χ3v) is 5.00. The Morgan fingerprint density at radius 2 is 2.22 bits per heavy atom. The number of hydrogen-bond acceptors (Lipinski definition) is 7. The van der Waals surface area contributed by atoms with Gasteiger partial charge in [-0.05, 0) is 31.7 Å². The Balaban J connectivity index is 1.85. The zero-order valence-electron chi connectivity index (χ0n) is 16.0. The highest BCUT2D eigenvalue weighted by atomic mass is 16.5. The molecule has 146 valence electrons. The maximum absolute atomic E-state index is 11.6. The summed E-state index contributed by atoms with van der Waals surface area (Å²) in [4.78, 5) is 16.3. The predicted octanol–water partition coefficient (Wildman–Crippen LogP) is 2.11. The Morgan fingerprint density at radius 1 is 1.41 bits per heavy atom. The number of ether oxygens (including phenoxy) is 2. The van der Waals surface area contributed by atoms with Gasteiger partial charge < -0.3 is 14.6 Å². The lowest BCUT2D eigenvalue weighted by Gasteiger charge is -2.30. The maximum Gasteiger partial charge on any atom is 0.308 e. The lowest BCUT2D eigenvalue weighted by atomic mass is 9.95. The van der Waals surface area contributed by atoms with Crippen molar-refractivity contribution in [2.45, 2.75) is 57.8 Å². The van der Waals surface area contributed by atoms with Crippen molar-refractivity contribution >= 4 is 5.97 Å². The average molecular weight is 374 g/mol. The van der Waals surface area contributed by atoms with Crippen LogP contribution in [-0.4, -0.2) is 44.3 Å². The van der Waals surface area contributed by atoms with E-state index in [0.29, 0.717) is 17.1 Å². The molecule has 1 aliphatic heterocycles. The zero-order chi connectivity index (χ0) is 19.4. The molecular weight excluding hydrogens is 348 g/mol. The largest absolute Gasteiger partial charge is 0.469 e. The quantitative estimate of drug-likeness (QED) is 0.773. The second kappa shape index (κ2) is 8.58. The van der Waals surface area contributed by atoms with Crippen LogP contribution in [0.25, 0.3) is 11.4 Å². The Bertz CT molecular complexity index is 805. The summed E-state index contributed by atoms with van der Waals surface area (Å²) in [6, 6.07) is 3.91. The number of rotatable bonds is 6. The Morgan fingerprint density at radius 3 is 2.93 bits per heavy atom. The van der Waals surface area contributed by atoms with Gasteiger partial charge in [-0.15, -0.1) is 5.10 Å². The molecule has 0 bridgehead atoms. The summed E-state index contributed by atoms with van der Waals surface area (Å²) in [6.07, 6.45) is 3.58. The first-order valence-electron chi connectivity index (χ1n) is 9.29. The second-order valence-corrected chi connectivity index (χ2v) is 6.71. The van der Waals surface area contributed by atoms with E-state index in [9.17, 15) is 9.90 Å². The average Bonchev–Trinajstić information content (AvgIpc) is 3.08. The number of hydrogen-bond donors (Lipinski definition) is 1. The third-order valence-electron chi connectivity index (χ3n) is 5.00. The maximum atomic E-state index is 11.6. The molecule has 3 rings (SSSR count). The van der Waals surface area contributed by atoms with E-state index in [1.165, 1.54) is 7.11 Å². The normalized spacial score (nSPS) is 19.9. The number of carbonyl (C=O) groups is 1. The van der Waals surface area contributed by atoms with E-state index in [1.807, 2.05) is 19.1 Å². The Labute approximate surface area is 158 Å². The van der Waals surface area contributed by atoms with Crippen LogP contribution in [0.4, 0.5) is 0 Å². The lowest BCUT2D eigenvalue weighted by molar-refractivity contribution is -0.147. The van der Waals surface area contributed by atoms with Crippen molar-refractivity contribution in [1.29, 1.82) is 0 Å². The van der Waals surface area contributed by atoms with Gasteiger partial charge in [0.2, 0.25) is 0 Å². The topological polar surface area (TPSA) is 99.4 Å². The monoisotopic (exact) mass is 374 g/mol. The van der Waals surface area contributed by atoms with E-state index in [-0.39, 0.29) is 31.2 Å². The molecule has 2 aromatic heterocycles. The van der Waals surface area contributed by atoms with Crippen molar-refractivity contribution in [2.75, 3.05) is 7.11 Å². The number of methoxy groups -OCH3 is 1. The highest BCUT2D eigenvalue weighted by Gasteiger charge is 2.28. The van der Waals surface area contributed by atoms with Crippen LogP contribution in [0.3, 0.4) is 0 Å². The molecule has 0 unspecified atom stereocenters. The standard InChI is InChI=1S/C19H26N4O4/c1-4-14-13(17-7-5-6-12(27-17)10-18(25)26-3)8-9-15(20-14)19-16(11-24)23(2)22-21-19/h8-9,12,17,24H,4-7,10-11H2,1-3H3/t12-,17-/m1/s1. The highest BCUT2D eigenvalue weighted by Crippen LogP contribution is 2.35. The molecule has 2 aromatic rings. The molecule has 1 N–H and O–H groups in total. The number of aromatic nitrogens is 4. The number of esters is 1. The van der Waals surface area contributed by atoms with Crippen molar-refractivity contribution in [3.63, 3.8) is 0 Å². The molecule has 3 heterocycles. The summed E-state index contributed by atoms with van der Waals surface area (Å²) in [6.45, 7) is 1.90. The highest BCUT2D eigenvalue weighted by molar-refractivity contribution is 5.69. The third kappa shape index (κ3) is 4.17. The van der Waals surface area contributed by atoms with Gasteiger partial charge in [-0.1, -0.05) is 18.2 Å². The van der Waals surface area contributed by atoms with Crippen LogP contribution in [0.1, 0.15) is 55.7 Å². The van der Waals surface area contributed by atoms with E-state index < -0.39 is 0 Å². The summed E-state index contributed by atoms with van der Waals surface area (Å²) in [5, 5.41) is 17.7. The second-order valence-electron chi connectivity index (χ2n) is 6.71. The van der Waals surface area contributed by atoms with Gasteiger partial charge in [0.1, 0.15) is 5.69 Å². The molecule has 1 saturated heterocycles. The summed E-state index contributed by atoms with van der Waals surface area (Å²) in [5.74, 6) is -0.246. The van der Waals surface area contributed by atoms with Crippen LogP contribution in [0.5, 0.6) is 0 Å². The number of nitrogens with zero attached hydrogens (tertiary/aromatic N) is 4. The summed E-state index contributed by atoms with van der Waals surface area (Å²) in [5.41, 5.74) is 3.89. The fourth-order valence-electron chi connectivity index (χ4n) is 3.52. The van der Waals surface area contributed by atoms with Crippen LogP contribution in [0, 0.1) is 0 Å². The zero-order valence-corrected chi connectivity index (χ0v) is 16.0. The molecular formula is C19H26N4O4. The SMILES string of the molecule is CCc1nc(-c2nnn(C)c2CO)ccc1[C@H]1CCC[C@H](CC(=O)OC)O1. The molecule has 27 heavy (non-hydrogen) atoms. The summed E-state index contributed by atoms with van der Waals surface area (Å²) < 4.78 is 12.5. The van der Waals surface area contributed by atoms with Crippen molar-refractivity contribution in [2.24, 2.45) is 7.05 Å². The van der Waals surface area contributed by atoms with Crippen LogP contribution >= 0.6 is 0 Å². The molecule has 0 amide bonds. The number of aliphatic hydroxyl groups is 1. The van der Waals surface area contributed by atoms with Gasteiger partial charge in [0.05, 0.1) is 43.7 Å². The fourth-order valence-corrected chi connectivity index (χ4v) is 3.52. The van der Waals surface area contributed by atoms with E-state index in [4.69, 9.17) is 14.5 Å². The predicted molar refractivity (Wildman–Crippen MR) is 97.6 cm³/mol. The molecule has 2 atom stereocenters. The first kappa shape index (κ1) is 19.4. The Hall–Kier alpha value is -2.32. The van der Waals surface area contributed by atoms with E-state index >= 15 is 0 Å². The lowest BCUT2D eigenvalue weighted by Crippen LogP contribution is -2.26. The van der Waals surface area contributed by atoms with Crippen molar-refractivity contribution < 1.29 is 19.4 Å². The minimum atomic E-state index is -0.246. The fraction of sp³-hybridized carbons (Fsp3) is 0.579. The number of aryl methyl sites for hydroxylation is 2. The molecule has 0 aromatic carbocycles. The van der Waals surface area contributed by atoms with Crippen molar-refractivity contribution in [3.8, 4) is 11.4 Å². The minimum absolute atomic E-state index is 0.0796. The van der Waals surface area contributed by atoms with Crippen molar-refractivity contribution in [3.05, 3.63) is 29.1 Å². The van der Waals surface area contributed by atoms with Crippen LogP contribution in [-0.2, 0) is 34.3 Å². The molecule has 8 nitrogen and oxygen atoms in total. The molecule has 1 fully saturated rings. The number of pyridine rings is 1. The molecule has 0 aliphatic carbocycles. The first-order chi connectivity index (χ1) is 13.1. The van der Waals surface area contributed by atoms with Gasteiger partial charge in [0.25, 0.3) is 0 Å². The Kier molecular flexibility index (Phi) is 6.18. The summed E-state index contributed by atoms with van der Waals surface area (Å²) >= 11 is 0. The minimum Gasteiger partial charge on any atom is -0.469 e. The van der Waals surface area contributed by atoms with Crippen LogP contribution in [0.2, 0.25) is 0 Å².